The van der Waals surface area contributed by atoms with Crippen LogP contribution in [0.3, 0.4) is 0 Å². The molecule has 3 saturated carbocycles. The molecule has 7 rings (SSSR count). The second kappa shape index (κ2) is 22.2. The molecule has 2 aromatic rings. The van der Waals surface area contributed by atoms with Crippen molar-refractivity contribution >= 4 is 53.2 Å². The lowest BCUT2D eigenvalue weighted by Crippen LogP contribution is -2.82. The van der Waals surface area contributed by atoms with Crippen molar-refractivity contribution in [3.8, 4) is 0 Å². The van der Waals surface area contributed by atoms with Crippen molar-refractivity contribution in [3.63, 3.8) is 0 Å². The van der Waals surface area contributed by atoms with Gasteiger partial charge < -0.3 is 54.7 Å². The van der Waals surface area contributed by atoms with Gasteiger partial charge in [0.05, 0.1) is 35.6 Å². The topological polar surface area (TPSA) is 348 Å². The van der Waals surface area contributed by atoms with Gasteiger partial charge >= 0.3 is 29.8 Å². The maximum atomic E-state index is 15.6. The summed E-state index contributed by atoms with van der Waals surface area (Å²) in [6, 6.07) is 11.7. The SMILES string of the molecule is CC(=O)O[C@H]1C(=O)[C@@]2(C)[C@H]([C@H](OC(=O)c3ccccc3)[C@]3(O)C[C@H](OC(=O)[C@H](O)[C@@H](NC(=O)[C@@H](CCC(=O)O)NC(=O)C[C@H]4C(=O)C[C@@H](C)[C@@H]4C[N+](=O)[O-])c4ccccc4)C(C)=C1C3(C)C)[C@]1(OC(C)=O)CO[C@@H]1C[C@@H]2O. The number of Topliss-reactive ketones (excluding diaryl/α,β-unsaturated/α-hetero) is 2. The fourth-order valence-electron chi connectivity index (χ4n) is 12.6. The number of carboxylic acid groups (broad SMARTS) is 1. The Kier molecular flexibility index (Phi) is 16.6. The van der Waals surface area contributed by atoms with Gasteiger partial charge in [-0.05, 0) is 55.0 Å². The normalized spacial score (nSPS) is 32.2. The number of ketones is 2. The molecule has 77 heavy (non-hydrogen) atoms. The molecule has 2 bridgehead atoms. The predicted octanol–water partition coefficient (Wildman–Crippen LogP) is 2.28. The van der Waals surface area contributed by atoms with E-state index in [9.17, 15) is 68.9 Å². The van der Waals surface area contributed by atoms with E-state index in [0.29, 0.717) is 0 Å². The van der Waals surface area contributed by atoms with E-state index in [1.54, 1.807) is 31.2 Å². The van der Waals surface area contributed by atoms with Gasteiger partial charge in [-0.15, -0.1) is 0 Å². The van der Waals surface area contributed by atoms with E-state index in [4.69, 9.17) is 23.7 Å². The number of amides is 2. The first-order valence-electron chi connectivity index (χ1n) is 25.4. The van der Waals surface area contributed by atoms with Gasteiger partial charge in [0.25, 0.3) is 0 Å². The van der Waals surface area contributed by atoms with Crippen LogP contribution < -0.4 is 10.6 Å². The number of fused-ring (bicyclic) bond motifs is 5. The molecule has 1 saturated heterocycles. The molecular formula is C54H65N3O20. The molecule has 23 heteroatoms. The van der Waals surface area contributed by atoms with E-state index in [1.807, 2.05) is 0 Å². The van der Waals surface area contributed by atoms with Crippen molar-refractivity contribution in [2.24, 2.45) is 34.5 Å². The summed E-state index contributed by atoms with van der Waals surface area (Å²) < 4.78 is 30.3. The lowest BCUT2D eigenvalue weighted by Gasteiger charge is -2.67. The highest BCUT2D eigenvalue weighted by Crippen LogP contribution is 2.64. The number of carbonyl (C=O) groups is 9. The standard InChI is InChI=1S/C54H65N3O20/c1-26-20-35(60)32(33(26)24-57(71)72)21-39(62)55-34(18-19-40(63)64)48(67)56-42(30-14-10-8-11-15-30)43(65)50(69)75-36-23-54(70)47(76-49(68)31-16-12-9-13-17-31)45-52(7,37(61)22-38-53(45,25-73-38)77-29(4)59)46(66)44(74-28(3)58)41(27(36)2)51(54,5)6/h8-17,26,32-34,36-38,42-45,47,61,65,70H,18-25H2,1-7H3,(H,55,62)(H,56,67)(H,63,64)/t26-,32-,33+,34-,36+,37+,38-,42+,43-,44-,45+,47+,52-,53+,54-/m1/s1. The zero-order chi connectivity index (χ0) is 56.7. The number of nitro groups is 1. The van der Waals surface area contributed by atoms with Gasteiger partial charge in [-0.2, -0.15) is 0 Å². The number of aliphatic hydroxyl groups excluding tert-OH is 2. The third kappa shape index (κ3) is 10.9. The lowest BCUT2D eigenvalue weighted by atomic mass is 9.44. The number of benzene rings is 2. The highest BCUT2D eigenvalue weighted by molar-refractivity contribution is 5.96. The van der Waals surface area contributed by atoms with Crippen molar-refractivity contribution < 1.29 is 92.2 Å². The van der Waals surface area contributed by atoms with E-state index >= 15 is 4.79 Å². The Morgan fingerprint density at radius 1 is 0.922 bits per heavy atom. The largest absolute Gasteiger partial charge is 0.481 e. The van der Waals surface area contributed by atoms with Crippen LogP contribution in [0.15, 0.2) is 71.8 Å². The van der Waals surface area contributed by atoms with E-state index < -0.39 is 186 Å². The minimum atomic E-state index is -2.54. The van der Waals surface area contributed by atoms with Crippen LogP contribution in [0.25, 0.3) is 0 Å². The Morgan fingerprint density at radius 2 is 1.56 bits per heavy atom. The number of esters is 4. The van der Waals surface area contributed by atoms with Crippen LogP contribution in [0.4, 0.5) is 0 Å². The van der Waals surface area contributed by atoms with Gasteiger partial charge in [0.15, 0.2) is 23.6 Å². The van der Waals surface area contributed by atoms with Gasteiger partial charge in [0, 0.05) is 68.1 Å². The minimum Gasteiger partial charge on any atom is -0.481 e. The summed E-state index contributed by atoms with van der Waals surface area (Å²) in [5, 5.41) is 64.0. The summed E-state index contributed by atoms with van der Waals surface area (Å²) in [7, 11) is 0. The van der Waals surface area contributed by atoms with Gasteiger partial charge in [0.2, 0.25) is 18.4 Å². The van der Waals surface area contributed by atoms with Crippen LogP contribution in [-0.2, 0) is 62.0 Å². The maximum Gasteiger partial charge on any atom is 0.338 e. The molecule has 1 heterocycles. The second-order valence-electron chi connectivity index (χ2n) is 21.7. The lowest BCUT2D eigenvalue weighted by molar-refractivity contribution is -0.490. The fourth-order valence-corrected chi connectivity index (χ4v) is 12.6. The van der Waals surface area contributed by atoms with Crippen LogP contribution in [0, 0.1) is 44.6 Å². The average molecular weight is 1080 g/mol. The number of nitrogens with zero attached hydrogens (tertiary/aromatic N) is 1. The molecule has 4 aliphatic carbocycles. The van der Waals surface area contributed by atoms with E-state index in [0.717, 1.165) is 13.8 Å². The van der Waals surface area contributed by atoms with Crippen LogP contribution in [0.5, 0.6) is 0 Å². The third-order valence-electron chi connectivity index (χ3n) is 16.7. The number of nitrogens with one attached hydrogen (secondary N) is 2. The third-order valence-corrected chi connectivity index (χ3v) is 16.7. The first-order valence-corrected chi connectivity index (χ1v) is 25.4. The number of carbonyl (C=O) groups excluding carboxylic acids is 8. The van der Waals surface area contributed by atoms with Crippen LogP contribution in [-0.4, -0.2) is 146 Å². The molecule has 0 aromatic heterocycles. The quantitative estimate of drug-likeness (QED) is 0.0410. The van der Waals surface area contributed by atoms with Crippen molar-refractivity contribution in [3.05, 3.63) is 93.1 Å². The van der Waals surface area contributed by atoms with E-state index in [-0.39, 0.29) is 40.9 Å². The first kappa shape index (κ1) is 57.7. The minimum absolute atomic E-state index is 0.00594. The number of carboxylic acids is 1. The number of aliphatic carboxylic acids is 1. The Bertz CT molecular complexity index is 2730. The molecule has 0 radical (unpaired) electrons. The summed E-state index contributed by atoms with van der Waals surface area (Å²) >= 11 is 0. The van der Waals surface area contributed by atoms with Gasteiger partial charge in [-0.25, -0.2) is 9.59 Å². The summed E-state index contributed by atoms with van der Waals surface area (Å²) in [6.07, 6.45) is -13.4. The molecule has 5 aliphatic rings. The molecule has 2 aromatic carbocycles. The number of ether oxygens (including phenoxy) is 5. The van der Waals surface area contributed by atoms with Crippen LogP contribution in [0.2, 0.25) is 0 Å². The molecule has 2 amide bonds. The summed E-state index contributed by atoms with van der Waals surface area (Å²) in [6.45, 7) is 8.53. The van der Waals surface area contributed by atoms with Crippen LogP contribution >= 0.6 is 0 Å². The Labute approximate surface area is 442 Å². The van der Waals surface area contributed by atoms with Crippen molar-refractivity contribution in [2.75, 3.05) is 13.2 Å². The second-order valence-corrected chi connectivity index (χ2v) is 21.7. The zero-order valence-electron chi connectivity index (χ0n) is 43.6. The van der Waals surface area contributed by atoms with Crippen molar-refractivity contribution in [2.45, 2.75) is 147 Å². The highest BCUT2D eigenvalue weighted by atomic mass is 16.6. The predicted molar refractivity (Wildman–Crippen MR) is 263 cm³/mol. The monoisotopic (exact) mass is 1080 g/mol. The zero-order valence-corrected chi connectivity index (χ0v) is 43.6. The Morgan fingerprint density at radius 3 is 2.13 bits per heavy atom. The van der Waals surface area contributed by atoms with Gasteiger partial charge in [-0.3, -0.25) is 43.7 Å². The van der Waals surface area contributed by atoms with Gasteiger partial charge in [0.1, 0.15) is 35.7 Å². The smallest absolute Gasteiger partial charge is 0.338 e. The Hall–Kier alpha value is -6.95. The first-order chi connectivity index (χ1) is 36.1. The molecule has 4 fully saturated rings. The van der Waals surface area contributed by atoms with Gasteiger partial charge in [-0.1, -0.05) is 69.3 Å². The molecule has 416 valence electrons. The average Bonchev–Trinajstić information content (AvgIpc) is 3.82. The maximum absolute atomic E-state index is 15.6. The molecule has 1 aliphatic heterocycles. The number of hydrogen-bond acceptors (Lipinski definition) is 19. The molecule has 15 atom stereocenters. The van der Waals surface area contributed by atoms with Crippen molar-refractivity contribution in [1.29, 1.82) is 0 Å². The number of rotatable bonds is 18. The van der Waals surface area contributed by atoms with E-state index in [1.165, 1.54) is 64.1 Å². The summed E-state index contributed by atoms with van der Waals surface area (Å²) in [4.78, 5) is 134. The fraction of sp³-hybridized carbons (Fsp3) is 0.574. The summed E-state index contributed by atoms with van der Waals surface area (Å²) in [5.74, 6) is -12.9. The molecule has 0 unspecified atom stereocenters. The summed E-state index contributed by atoms with van der Waals surface area (Å²) in [5.41, 5.74) is -8.35. The molecular weight excluding hydrogens is 1010 g/mol. The van der Waals surface area contributed by atoms with E-state index in [2.05, 4.69) is 10.6 Å². The van der Waals surface area contributed by atoms with Crippen LogP contribution in [0.1, 0.15) is 109 Å². The molecule has 23 nitrogen and oxygen atoms in total. The molecule has 6 N–H and O–H groups in total. The molecule has 0 spiro atoms. The van der Waals surface area contributed by atoms with Crippen molar-refractivity contribution in [1.82, 2.24) is 10.6 Å². The Balaban J connectivity index is 1.28. The number of hydrogen-bond donors (Lipinski definition) is 6. The highest BCUT2D eigenvalue weighted by Gasteiger charge is 2.78. The number of aliphatic hydroxyl groups is 3.